The molecular weight excluding hydrogens is 350 g/mol. The van der Waals surface area contributed by atoms with Crippen LogP contribution < -0.4 is 10.1 Å². The molecule has 2 aliphatic rings. The van der Waals surface area contributed by atoms with E-state index in [-0.39, 0.29) is 5.91 Å². The van der Waals surface area contributed by atoms with Crippen LogP contribution in [-0.2, 0) is 4.79 Å². The van der Waals surface area contributed by atoms with Crippen molar-refractivity contribution in [2.45, 2.75) is 57.4 Å². The van der Waals surface area contributed by atoms with Gasteiger partial charge in [-0.05, 0) is 74.4 Å². The van der Waals surface area contributed by atoms with E-state index in [1.54, 1.807) is 7.11 Å². The minimum Gasteiger partial charge on any atom is -0.497 e. The van der Waals surface area contributed by atoms with Crippen LogP contribution in [0.1, 0.15) is 56.9 Å². The number of likely N-dealkylation sites (tertiary alicyclic amines) is 1. The second-order valence-corrected chi connectivity index (χ2v) is 8.64. The van der Waals surface area contributed by atoms with Gasteiger partial charge in [-0.1, -0.05) is 19.8 Å². The second kappa shape index (κ2) is 8.56. The molecule has 0 radical (unpaired) electrons. The fourth-order valence-corrected chi connectivity index (χ4v) is 4.97. The van der Waals surface area contributed by atoms with Crippen LogP contribution in [0.4, 0.5) is 0 Å². The molecule has 1 saturated heterocycles. The maximum absolute atomic E-state index is 12.5. The third-order valence-corrected chi connectivity index (χ3v) is 6.77. The number of ether oxygens (including phenoxy) is 1. The van der Waals surface area contributed by atoms with Gasteiger partial charge in [0.2, 0.25) is 5.91 Å². The van der Waals surface area contributed by atoms with Crippen LogP contribution >= 0.6 is 0 Å². The number of rotatable bonds is 5. The van der Waals surface area contributed by atoms with Crippen LogP contribution in [-0.4, -0.2) is 48.6 Å². The molecule has 1 aromatic heterocycles. The maximum atomic E-state index is 12.5. The number of hydrogen-bond donors (Lipinski definition) is 2. The van der Waals surface area contributed by atoms with Crippen LogP contribution in [0.15, 0.2) is 24.4 Å². The number of fused-ring (bicyclic) bond motifs is 1. The van der Waals surface area contributed by atoms with Gasteiger partial charge in [-0.2, -0.15) is 0 Å². The van der Waals surface area contributed by atoms with Gasteiger partial charge in [0.25, 0.3) is 0 Å². The first kappa shape index (κ1) is 19.3. The molecule has 152 valence electrons. The normalized spacial score (nSPS) is 24.4. The molecule has 1 aliphatic heterocycles. The van der Waals surface area contributed by atoms with Gasteiger partial charge >= 0.3 is 0 Å². The van der Waals surface area contributed by atoms with Crippen molar-refractivity contribution in [1.29, 1.82) is 0 Å². The van der Waals surface area contributed by atoms with Crippen molar-refractivity contribution >= 4 is 16.8 Å². The highest BCUT2D eigenvalue weighted by Gasteiger charge is 2.26. The summed E-state index contributed by atoms with van der Waals surface area (Å²) in [6.45, 7) is 4.77. The van der Waals surface area contributed by atoms with E-state index in [9.17, 15) is 4.79 Å². The molecule has 2 aromatic rings. The van der Waals surface area contributed by atoms with Gasteiger partial charge in [0.1, 0.15) is 5.75 Å². The Morgan fingerprint density at radius 1 is 1.21 bits per heavy atom. The minimum atomic E-state index is 0.203. The van der Waals surface area contributed by atoms with Gasteiger partial charge in [-0.3, -0.25) is 9.69 Å². The number of amides is 1. The van der Waals surface area contributed by atoms with E-state index >= 15 is 0 Å². The first-order chi connectivity index (χ1) is 13.6. The summed E-state index contributed by atoms with van der Waals surface area (Å²) in [4.78, 5) is 18.2. The number of nitrogens with one attached hydrogen (secondary N) is 2. The topological polar surface area (TPSA) is 57.4 Å². The molecule has 0 spiro atoms. The largest absolute Gasteiger partial charge is 0.497 e. The Morgan fingerprint density at radius 2 is 2.00 bits per heavy atom. The summed E-state index contributed by atoms with van der Waals surface area (Å²) in [6.07, 6.45) is 9.28. The lowest BCUT2D eigenvalue weighted by Gasteiger charge is -2.33. The highest BCUT2D eigenvalue weighted by molar-refractivity contribution is 5.85. The van der Waals surface area contributed by atoms with E-state index in [2.05, 4.69) is 40.5 Å². The van der Waals surface area contributed by atoms with Gasteiger partial charge in [-0.25, -0.2) is 0 Å². The molecule has 2 unspecified atom stereocenters. The Morgan fingerprint density at radius 3 is 2.75 bits per heavy atom. The SMILES string of the molecule is COc1ccc2[nH]cc(C3CCN(CC(=O)NC4CCCCC4C)CC3)c2c1. The Balaban J connectivity index is 1.31. The van der Waals surface area contributed by atoms with Crippen molar-refractivity contribution < 1.29 is 9.53 Å². The summed E-state index contributed by atoms with van der Waals surface area (Å²) in [5, 5.41) is 4.56. The number of benzene rings is 1. The zero-order chi connectivity index (χ0) is 19.5. The number of aromatic nitrogens is 1. The molecule has 2 atom stereocenters. The molecular formula is C23H33N3O2. The molecule has 4 rings (SSSR count). The van der Waals surface area contributed by atoms with Crippen molar-refractivity contribution in [2.24, 2.45) is 5.92 Å². The van der Waals surface area contributed by atoms with Gasteiger partial charge in [-0.15, -0.1) is 0 Å². The Labute approximate surface area is 167 Å². The van der Waals surface area contributed by atoms with Gasteiger partial charge < -0.3 is 15.0 Å². The minimum absolute atomic E-state index is 0.203. The molecule has 28 heavy (non-hydrogen) atoms. The number of hydrogen-bond acceptors (Lipinski definition) is 3. The number of carbonyl (C=O) groups excluding carboxylic acids is 1. The smallest absolute Gasteiger partial charge is 0.234 e. The number of piperidine rings is 1. The van der Waals surface area contributed by atoms with Gasteiger partial charge in [0.15, 0.2) is 0 Å². The Bertz CT molecular complexity index is 807. The van der Waals surface area contributed by atoms with Crippen molar-refractivity contribution in [3.05, 3.63) is 30.0 Å². The summed E-state index contributed by atoms with van der Waals surface area (Å²) in [6, 6.07) is 6.59. The number of methoxy groups -OCH3 is 1. The summed E-state index contributed by atoms with van der Waals surface area (Å²) in [5.41, 5.74) is 2.55. The third-order valence-electron chi connectivity index (χ3n) is 6.77. The zero-order valence-corrected chi connectivity index (χ0v) is 17.2. The molecule has 5 nitrogen and oxygen atoms in total. The lowest BCUT2D eigenvalue weighted by Crippen LogP contribution is -2.47. The third kappa shape index (κ3) is 4.19. The average molecular weight is 384 g/mol. The monoisotopic (exact) mass is 383 g/mol. The molecule has 1 aromatic carbocycles. The second-order valence-electron chi connectivity index (χ2n) is 8.64. The molecule has 1 amide bonds. The van der Waals surface area contributed by atoms with Crippen LogP contribution in [0.25, 0.3) is 10.9 Å². The first-order valence-corrected chi connectivity index (χ1v) is 10.8. The molecule has 2 heterocycles. The maximum Gasteiger partial charge on any atom is 0.234 e. The fraction of sp³-hybridized carbons (Fsp3) is 0.609. The van der Waals surface area contributed by atoms with E-state index in [0.29, 0.717) is 24.4 Å². The highest BCUT2D eigenvalue weighted by atomic mass is 16.5. The van der Waals surface area contributed by atoms with Crippen LogP contribution in [0.3, 0.4) is 0 Å². The molecule has 1 aliphatic carbocycles. The van der Waals surface area contributed by atoms with Gasteiger partial charge in [0, 0.05) is 23.1 Å². The van der Waals surface area contributed by atoms with E-state index < -0.39 is 0 Å². The number of carbonyl (C=O) groups is 1. The molecule has 0 bridgehead atoms. The van der Waals surface area contributed by atoms with Gasteiger partial charge in [0.05, 0.1) is 13.7 Å². The highest BCUT2D eigenvalue weighted by Crippen LogP contribution is 2.34. The van der Waals surface area contributed by atoms with Crippen molar-refractivity contribution in [2.75, 3.05) is 26.7 Å². The Kier molecular flexibility index (Phi) is 5.90. The number of aromatic amines is 1. The number of nitrogens with zero attached hydrogens (tertiary/aromatic N) is 1. The summed E-state index contributed by atoms with van der Waals surface area (Å²) >= 11 is 0. The predicted molar refractivity (Wildman–Crippen MR) is 113 cm³/mol. The molecule has 2 fully saturated rings. The predicted octanol–water partition coefficient (Wildman–Crippen LogP) is 4.05. The van der Waals surface area contributed by atoms with Crippen molar-refractivity contribution in [1.82, 2.24) is 15.2 Å². The lowest BCUT2D eigenvalue weighted by atomic mass is 9.86. The quantitative estimate of drug-likeness (QED) is 0.819. The lowest BCUT2D eigenvalue weighted by molar-refractivity contribution is -0.123. The average Bonchev–Trinajstić information content (AvgIpc) is 3.13. The van der Waals surface area contributed by atoms with Crippen LogP contribution in [0.2, 0.25) is 0 Å². The zero-order valence-electron chi connectivity index (χ0n) is 17.2. The number of H-pyrrole nitrogens is 1. The van der Waals surface area contributed by atoms with E-state index in [1.807, 2.05) is 6.07 Å². The standard InChI is InChI=1S/C23H33N3O2/c1-16-5-3-4-6-21(16)25-23(27)15-26-11-9-17(10-12-26)20-14-24-22-8-7-18(28-2)13-19(20)22/h7-8,13-14,16-17,21,24H,3-6,9-12,15H2,1-2H3,(H,25,27). The molecule has 2 N–H and O–H groups in total. The molecule has 5 heteroatoms. The summed E-state index contributed by atoms with van der Waals surface area (Å²) in [5.74, 6) is 2.26. The van der Waals surface area contributed by atoms with Crippen molar-refractivity contribution in [3.63, 3.8) is 0 Å². The Hall–Kier alpha value is -2.01. The summed E-state index contributed by atoms with van der Waals surface area (Å²) in [7, 11) is 1.71. The van der Waals surface area contributed by atoms with E-state index in [0.717, 1.165) is 38.1 Å². The first-order valence-electron chi connectivity index (χ1n) is 10.8. The van der Waals surface area contributed by atoms with E-state index in [1.165, 1.54) is 35.7 Å². The van der Waals surface area contributed by atoms with Crippen LogP contribution in [0, 0.1) is 5.92 Å². The fourth-order valence-electron chi connectivity index (χ4n) is 4.97. The summed E-state index contributed by atoms with van der Waals surface area (Å²) < 4.78 is 5.40. The van der Waals surface area contributed by atoms with E-state index in [4.69, 9.17) is 4.74 Å². The molecule has 1 saturated carbocycles. The van der Waals surface area contributed by atoms with Crippen LogP contribution in [0.5, 0.6) is 5.75 Å². The van der Waals surface area contributed by atoms with Crippen molar-refractivity contribution in [3.8, 4) is 5.75 Å².